The van der Waals surface area contributed by atoms with Crippen molar-refractivity contribution in [3.63, 3.8) is 0 Å². The predicted octanol–water partition coefficient (Wildman–Crippen LogP) is 4.10. The van der Waals surface area contributed by atoms with Crippen molar-refractivity contribution in [2.24, 2.45) is 5.92 Å². The van der Waals surface area contributed by atoms with Gasteiger partial charge in [0.25, 0.3) is 5.91 Å². The highest BCUT2D eigenvalue weighted by atomic mass is 16.2. The Balaban J connectivity index is 1.53. The van der Waals surface area contributed by atoms with Gasteiger partial charge in [-0.25, -0.2) is 0 Å². The number of rotatable bonds is 2. The third-order valence-corrected chi connectivity index (χ3v) is 5.24. The third-order valence-electron chi connectivity index (χ3n) is 5.24. The first-order chi connectivity index (χ1) is 10.2. The van der Waals surface area contributed by atoms with E-state index in [1.165, 1.54) is 31.2 Å². The Kier molecular flexibility index (Phi) is 3.13. The molecule has 2 aliphatic heterocycles. The second kappa shape index (κ2) is 5.01. The Morgan fingerprint density at radius 1 is 1.05 bits per heavy atom. The van der Waals surface area contributed by atoms with E-state index >= 15 is 0 Å². The SMILES string of the molecule is Cc1ccc(C(=O)N2C3CCC2CC(=CC2CC2)C3)cc1. The van der Waals surface area contributed by atoms with E-state index in [2.05, 4.69) is 17.9 Å². The van der Waals surface area contributed by atoms with Gasteiger partial charge in [0.15, 0.2) is 0 Å². The first-order valence-corrected chi connectivity index (χ1v) is 8.29. The highest BCUT2D eigenvalue weighted by molar-refractivity contribution is 5.95. The summed E-state index contributed by atoms with van der Waals surface area (Å²) in [4.78, 5) is 15.0. The van der Waals surface area contributed by atoms with E-state index in [1.54, 1.807) is 5.57 Å². The minimum absolute atomic E-state index is 0.243. The molecule has 2 bridgehead atoms. The molecule has 2 heteroatoms. The monoisotopic (exact) mass is 281 g/mol. The molecule has 1 aromatic carbocycles. The molecule has 1 saturated carbocycles. The van der Waals surface area contributed by atoms with E-state index in [1.807, 2.05) is 24.3 Å². The lowest BCUT2D eigenvalue weighted by Crippen LogP contribution is -2.44. The van der Waals surface area contributed by atoms with Gasteiger partial charge in [0.2, 0.25) is 0 Å². The molecular formula is C19H23NO. The van der Waals surface area contributed by atoms with Crippen molar-refractivity contribution in [1.82, 2.24) is 4.90 Å². The number of fused-ring (bicyclic) bond motifs is 2. The van der Waals surface area contributed by atoms with Gasteiger partial charge in [0, 0.05) is 17.6 Å². The fourth-order valence-electron chi connectivity index (χ4n) is 3.96. The van der Waals surface area contributed by atoms with Gasteiger partial charge in [0.1, 0.15) is 0 Å². The number of aryl methyl sites for hydroxylation is 1. The summed E-state index contributed by atoms with van der Waals surface area (Å²) in [5.74, 6) is 1.10. The maximum Gasteiger partial charge on any atom is 0.254 e. The summed E-state index contributed by atoms with van der Waals surface area (Å²) in [5, 5.41) is 0. The first-order valence-electron chi connectivity index (χ1n) is 8.29. The standard InChI is InChI=1S/C19H23NO/c1-13-2-6-16(7-3-13)19(21)20-17-8-9-18(20)12-15(11-17)10-14-4-5-14/h2-3,6-7,10,14,17-18H,4-5,8-9,11-12H2,1H3. The Morgan fingerprint density at radius 3 is 2.24 bits per heavy atom. The van der Waals surface area contributed by atoms with Crippen molar-refractivity contribution in [1.29, 1.82) is 0 Å². The molecule has 21 heavy (non-hydrogen) atoms. The number of carbonyl (C=O) groups excluding carboxylic acids is 1. The number of amides is 1. The molecule has 1 aliphatic carbocycles. The van der Waals surface area contributed by atoms with Crippen molar-refractivity contribution in [3.8, 4) is 0 Å². The highest BCUT2D eigenvalue weighted by Gasteiger charge is 2.41. The summed E-state index contributed by atoms with van der Waals surface area (Å²) in [6.07, 6.45) is 9.87. The molecule has 2 unspecified atom stereocenters. The molecule has 1 amide bonds. The number of hydrogen-bond donors (Lipinski definition) is 0. The van der Waals surface area contributed by atoms with Crippen LogP contribution in [-0.2, 0) is 0 Å². The zero-order valence-corrected chi connectivity index (χ0v) is 12.7. The molecule has 0 radical (unpaired) electrons. The van der Waals surface area contributed by atoms with Crippen LogP contribution in [0.15, 0.2) is 35.9 Å². The van der Waals surface area contributed by atoms with Crippen LogP contribution in [0.4, 0.5) is 0 Å². The van der Waals surface area contributed by atoms with Crippen LogP contribution in [0.25, 0.3) is 0 Å². The van der Waals surface area contributed by atoms with Gasteiger partial charge in [0.05, 0.1) is 0 Å². The zero-order valence-electron chi connectivity index (χ0n) is 12.7. The molecule has 0 spiro atoms. The largest absolute Gasteiger partial charge is 0.332 e. The van der Waals surface area contributed by atoms with Crippen molar-refractivity contribution in [2.45, 2.75) is 57.5 Å². The minimum Gasteiger partial charge on any atom is -0.332 e. The van der Waals surface area contributed by atoms with Gasteiger partial charge >= 0.3 is 0 Å². The van der Waals surface area contributed by atoms with Crippen LogP contribution in [0.5, 0.6) is 0 Å². The molecule has 4 rings (SSSR count). The molecule has 2 heterocycles. The Labute approximate surface area is 126 Å². The quantitative estimate of drug-likeness (QED) is 0.747. The average molecular weight is 281 g/mol. The fraction of sp³-hybridized carbons (Fsp3) is 0.526. The van der Waals surface area contributed by atoms with Crippen LogP contribution in [-0.4, -0.2) is 22.9 Å². The van der Waals surface area contributed by atoms with Crippen molar-refractivity contribution in [3.05, 3.63) is 47.0 Å². The summed E-state index contributed by atoms with van der Waals surface area (Å²) in [6, 6.07) is 8.93. The number of carbonyl (C=O) groups is 1. The second-order valence-electron chi connectivity index (χ2n) is 7.03. The number of nitrogens with zero attached hydrogens (tertiary/aromatic N) is 1. The number of allylic oxidation sites excluding steroid dienone is 1. The van der Waals surface area contributed by atoms with E-state index in [0.717, 1.165) is 24.3 Å². The molecule has 0 aromatic heterocycles. The van der Waals surface area contributed by atoms with Gasteiger partial charge in [-0.05, 0) is 63.5 Å². The minimum atomic E-state index is 0.243. The summed E-state index contributed by atoms with van der Waals surface area (Å²) >= 11 is 0. The van der Waals surface area contributed by atoms with E-state index in [0.29, 0.717) is 12.1 Å². The normalized spacial score (nSPS) is 27.9. The molecule has 3 fully saturated rings. The van der Waals surface area contributed by atoms with E-state index in [9.17, 15) is 4.79 Å². The molecule has 2 saturated heterocycles. The lowest BCUT2D eigenvalue weighted by molar-refractivity contribution is 0.0634. The second-order valence-corrected chi connectivity index (χ2v) is 7.03. The van der Waals surface area contributed by atoms with Gasteiger partial charge in [-0.15, -0.1) is 0 Å². The van der Waals surface area contributed by atoms with Gasteiger partial charge in [-0.2, -0.15) is 0 Å². The molecular weight excluding hydrogens is 258 g/mol. The number of piperidine rings is 1. The smallest absolute Gasteiger partial charge is 0.254 e. The van der Waals surface area contributed by atoms with Crippen molar-refractivity contribution in [2.75, 3.05) is 0 Å². The summed E-state index contributed by atoms with van der Waals surface area (Å²) in [5.41, 5.74) is 3.69. The Hall–Kier alpha value is -1.57. The molecule has 1 aromatic rings. The maximum absolute atomic E-state index is 12.8. The zero-order chi connectivity index (χ0) is 14.4. The van der Waals surface area contributed by atoms with E-state index in [4.69, 9.17) is 0 Å². The molecule has 2 atom stereocenters. The lowest BCUT2D eigenvalue weighted by atomic mass is 9.94. The van der Waals surface area contributed by atoms with Crippen LogP contribution < -0.4 is 0 Å². The average Bonchev–Trinajstić information content (AvgIpc) is 3.24. The summed E-state index contributed by atoms with van der Waals surface area (Å²) < 4.78 is 0. The maximum atomic E-state index is 12.8. The van der Waals surface area contributed by atoms with Gasteiger partial charge in [-0.3, -0.25) is 4.79 Å². The van der Waals surface area contributed by atoms with Crippen molar-refractivity contribution >= 4 is 5.91 Å². The van der Waals surface area contributed by atoms with Crippen LogP contribution >= 0.6 is 0 Å². The van der Waals surface area contributed by atoms with Gasteiger partial charge < -0.3 is 4.90 Å². The van der Waals surface area contributed by atoms with E-state index in [-0.39, 0.29) is 5.91 Å². The lowest BCUT2D eigenvalue weighted by Gasteiger charge is -2.36. The van der Waals surface area contributed by atoms with Crippen LogP contribution in [0.2, 0.25) is 0 Å². The molecule has 0 N–H and O–H groups in total. The van der Waals surface area contributed by atoms with Gasteiger partial charge in [-0.1, -0.05) is 29.3 Å². The summed E-state index contributed by atoms with van der Waals surface area (Å²) in [6.45, 7) is 2.06. The topological polar surface area (TPSA) is 20.3 Å². The summed E-state index contributed by atoms with van der Waals surface area (Å²) in [7, 11) is 0. The molecule has 2 nitrogen and oxygen atoms in total. The molecule has 3 aliphatic rings. The van der Waals surface area contributed by atoms with Crippen LogP contribution in [0.3, 0.4) is 0 Å². The third kappa shape index (κ3) is 2.52. The van der Waals surface area contributed by atoms with E-state index < -0.39 is 0 Å². The van der Waals surface area contributed by atoms with Crippen LogP contribution in [0.1, 0.15) is 54.4 Å². The molecule has 110 valence electrons. The Bertz CT molecular complexity index is 566. The predicted molar refractivity (Wildman–Crippen MR) is 84.2 cm³/mol. The number of hydrogen-bond acceptors (Lipinski definition) is 1. The van der Waals surface area contributed by atoms with Crippen LogP contribution in [0, 0.1) is 12.8 Å². The van der Waals surface area contributed by atoms with Crippen molar-refractivity contribution < 1.29 is 4.79 Å². The Morgan fingerprint density at radius 2 is 1.67 bits per heavy atom. The first kappa shape index (κ1) is 13.1. The highest BCUT2D eigenvalue weighted by Crippen LogP contribution is 2.41. The fourth-order valence-corrected chi connectivity index (χ4v) is 3.96. The number of benzene rings is 1.